The normalized spacial score (nSPS) is 58.7. The summed E-state index contributed by atoms with van der Waals surface area (Å²) in [4.78, 5) is 13.1. The zero-order valence-electron chi connectivity index (χ0n) is 19.8. The second-order valence-electron chi connectivity index (χ2n) is 13.6. The topological polar surface area (TPSA) is 37.3 Å². The van der Waals surface area contributed by atoms with Crippen molar-refractivity contribution >= 4 is 5.78 Å². The molecular formula is C27H44O2. The van der Waals surface area contributed by atoms with E-state index in [2.05, 4.69) is 41.5 Å². The van der Waals surface area contributed by atoms with E-state index in [0.717, 1.165) is 25.2 Å². The Hall–Kier alpha value is -0.370. The average molecular weight is 401 g/mol. The van der Waals surface area contributed by atoms with Crippen molar-refractivity contribution in [3.63, 3.8) is 0 Å². The lowest BCUT2D eigenvalue weighted by Gasteiger charge is -2.72. The largest absolute Gasteiger partial charge is 0.393 e. The number of rotatable bonds is 0. The molecule has 0 aromatic carbocycles. The maximum Gasteiger partial charge on any atom is 0.136 e. The molecular weight excluding hydrogens is 356 g/mol. The standard InChI is InChI=1S/C27H44O2/c1-23(2)19-10-14-27(6)20(25(19,4)13-11-21(23)29)8-7-17-22-18(28)9-12-24(22,3)15-16-26(17,27)5/h17,19-22,29H,7-16H2,1-6H3/t17-,19+,20-,21+,22-,24-,25+,26-,27-/m1/s1. The minimum Gasteiger partial charge on any atom is -0.393 e. The molecule has 1 N–H and O–H groups in total. The quantitative estimate of drug-likeness (QED) is 0.511. The van der Waals surface area contributed by atoms with E-state index in [9.17, 15) is 9.90 Å². The molecule has 0 heterocycles. The summed E-state index contributed by atoms with van der Waals surface area (Å²) >= 11 is 0. The molecule has 164 valence electrons. The van der Waals surface area contributed by atoms with Crippen molar-refractivity contribution in [2.24, 2.45) is 50.7 Å². The minimum absolute atomic E-state index is 0.0264. The van der Waals surface area contributed by atoms with Gasteiger partial charge in [-0.15, -0.1) is 0 Å². The van der Waals surface area contributed by atoms with E-state index >= 15 is 0 Å². The highest BCUT2D eigenvalue weighted by Gasteiger charge is 2.70. The SMILES string of the molecule is CC1(C)[C@@H](O)CC[C@]2(C)[C@H]3CC[C@@H]4[C@@H]5C(=O)CC[C@]5(C)CC[C@@]4(C)[C@]3(C)CC[C@@H]12. The number of carbonyl (C=O) groups excluding carboxylic acids is 1. The van der Waals surface area contributed by atoms with Gasteiger partial charge in [-0.25, -0.2) is 0 Å². The third-order valence-electron chi connectivity index (χ3n) is 12.6. The van der Waals surface area contributed by atoms with Crippen LogP contribution in [0.4, 0.5) is 0 Å². The third kappa shape index (κ3) is 2.31. The molecule has 2 heteroatoms. The van der Waals surface area contributed by atoms with Gasteiger partial charge in [0, 0.05) is 12.3 Å². The maximum atomic E-state index is 13.1. The zero-order valence-corrected chi connectivity index (χ0v) is 19.8. The zero-order chi connectivity index (χ0) is 21.0. The molecule has 0 aromatic heterocycles. The second kappa shape index (κ2) is 5.90. The van der Waals surface area contributed by atoms with Crippen molar-refractivity contribution in [2.45, 2.75) is 112 Å². The number of carbonyl (C=O) groups is 1. The lowest BCUT2D eigenvalue weighted by atomic mass is 9.32. The summed E-state index contributed by atoms with van der Waals surface area (Å²) in [6.07, 6.45) is 11.6. The second-order valence-corrected chi connectivity index (χ2v) is 13.6. The van der Waals surface area contributed by atoms with Gasteiger partial charge in [-0.2, -0.15) is 0 Å². The fourth-order valence-corrected chi connectivity index (χ4v) is 10.6. The molecule has 0 saturated heterocycles. The van der Waals surface area contributed by atoms with Crippen LogP contribution in [0.15, 0.2) is 0 Å². The Balaban J connectivity index is 1.55. The summed E-state index contributed by atoms with van der Waals surface area (Å²) in [6.45, 7) is 14.9. The van der Waals surface area contributed by atoms with Gasteiger partial charge >= 0.3 is 0 Å². The highest BCUT2D eigenvalue weighted by Crippen LogP contribution is 2.76. The fourth-order valence-electron chi connectivity index (χ4n) is 10.6. The van der Waals surface area contributed by atoms with Crippen LogP contribution in [-0.4, -0.2) is 17.0 Å². The predicted octanol–water partition coefficient (Wildman–Crippen LogP) is 6.40. The van der Waals surface area contributed by atoms with Gasteiger partial charge in [-0.1, -0.05) is 41.5 Å². The predicted molar refractivity (Wildman–Crippen MR) is 117 cm³/mol. The number of ketones is 1. The summed E-state index contributed by atoms with van der Waals surface area (Å²) in [5.41, 5.74) is 1.28. The fraction of sp³-hybridized carbons (Fsp3) is 0.963. The Labute approximate surface area is 178 Å². The van der Waals surface area contributed by atoms with E-state index in [1.54, 1.807) is 0 Å². The Morgan fingerprint density at radius 3 is 2.21 bits per heavy atom. The number of aliphatic hydroxyl groups is 1. The minimum atomic E-state index is -0.150. The third-order valence-corrected chi connectivity index (χ3v) is 12.6. The molecule has 5 aliphatic carbocycles. The number of hydrogen-bond donors (Lipinski definition) is 1. The molecule has 0 spiro atoms. The molecule has 5 saturated carbocycles. The van der Waals surface area contributed by atoms with Crippen molar-refractivity contribution < 1.29 is 9.90 Å². The number of hydrogen-bond acceptors (Lipinski definition) is 2. The van der Waals surface area contributed by atoms with E-state index in [-0.39, 0.29) is 16.9 Å². The van der Waals surface area contributed by atoms with E-state index in [4.69, 9.17) is 0 Å². The molecule has 9 atom stereocenters. The van der Waals surface area contributed by atoms with Crippen LogP contribution in [0.25, 0.3) is 0 Å². The van der Waals surface area contributed by atoms with Crippen LogP contribution in [0.2, 0.25) is 0 Å². The average Bonchev–Trinajstić information content (AvgIpc) is 2.95. The maximum absolute atomic E-state index is 13.1. The van der Waals surface area contributed by atoms with Gasteiger partial charge in [0.25, 0.3) is 0 Å². The molecule has 0 radical (unpaired) electrons. The summed E-state index contributed by atoms with van der Waals surface area (Å²) < 4.78 is 0. The smallest absolute Gasteiger partial charge is 0.136 e. The summed E-state index contributed by atoms with van der Waals surface area (Å²) in [5.74, 6) is 2.88. The Morgan fingerprint density at radius 1 is 0.759 bits per heavy atom. The van der Waals surface area contributed by atoms with E-state index in [1.807, 2.05) is 0 Å². The molecule has 0 amide bonds. The lowest BCUT2D eigenvalue weighted by molar-refractivity contribution is -0.243. The van der Waals surface area contributed by atoms with Gasteiger partial charge in [-0.05, 0) is 103 Å². The number of Topliss-reactive ketones (excluding diaryl/α,β-unsaturated/α-hetero) is 1. The molecule has 2 nitrogen and oxygen atoms in total. The number of aliphatic hydroxyl groups excluding tert-OH is 1. The van der Waals surface area contributed by atoms with Crippen molar-refractivity contribution in [1.82, 2.24) is 0 Å². The molecule has 0 aromatic rings. The molecule has 0 bridgehead atoms. The van der Waals surface area contributed by atoms with Gasteiger partial charge in [0.05, 0.1) is 6.10 Å². The van der Waals surface area contributed by atoms with Crippen molar-refractivity contribution in [1.29, 1.82) is 0 Å². The van der Waals surface area contributed by atoms with Crippen molar-refractivity contribution in [3.8, 4) is 0 Å². The van der Waals surface area contributed by atoms with Crippen LogP contribution in [0.3, 0.4) is 0 Å². The summed E-state index contributed by atoms with van der Waals surface area (Å²) in [6, 6.07) is 0. The molecule has 5 aliphatic rings. The first-order valence-electron chi connectivity index (χ1n) is 12.6. The monoisotopic (exact) mass is 400 g/mol. The van der Waals surface area contributed by atoms with Crippen LogP contribution in [-0.2, 0) is 4.79 Å². The van der Waals surface area contributed by atoms with Crippen LogP contribution in [0, 0.1) is 50.7 Å². The van der Waals surface area contributed by atoms with Gasteiger partial charge in [0.15, 0.2) is 0 Å². The lowest BCUT2D eigenvalue weighted by Crippen LogP contribution is -2.66. The Bertz CT molecular complexity index is 726. The summed E-state index contributed by atoms with van der Waals surface area (Å²) in [7, 11) is 0. The van der Waals surface area contributed by atoms with Crippen LogP contribution in [0.1, 0.15) is 106 Å². The van der Waals surface area contributed by atoms with Gasteiger partial charge in [-0.3, -0.25) is 4.79 Å². The van der Waals surface area contributed by atoms with Crippen molar-refractivity contribution in [3.05, 3.63) is 0 Å². The molecule has 29 heavy (non-hydrogen) atoms. The Kier molecular flexibility index (Phi) is 4.18. The van der Waals surface area contributed by atoms with E-state index in [1.165, 1.54) is 44.9 Å². The van der Waals surface area contributed by atoms with Gasteiger partial charge in [0.1, 0.15) is 5.78 Å². The Morgan fingerprint density at radius 2 is 1.48 bits per heavy atom. The van der Waals surface area contributed by atoms with Gasteiger partial charge in [0.2, 0.25) is 0 Å². The van der Waals surface area contributed by atoms with Crippen LogP contribution < -0.4 is 0 Å². The first kappa shape index (κ1) is 20.5. The van der Waals surface area contributed by atoms with Crippen LogP contribution in [0.5, 0.6) is 0 Å². The summed E-state index contributed by atoms with van der Waals surface area (Å²) in [5, 5.41) is 10.8. The van der Waals surface area contributed by atoms with Crippen molar-refractivity contribution in [2.75, 3.05) is 0 Å². The number of fused-ring (bicyclic) bond motifs is 7. The molecule has 5 fully saturated rings. The van der Waals surface area contributed by atoms with Crippen LogP contribution >= 0.6 is 0 Å². The highest BCUT2D eigenvalue weighted by molar-refractivity contribution is 5.84. The molecule has 0 unspecified atom stereocenters. The molecule has 0 aliphatic heterocycles. The van der Waals surface area contributed by atoms with E-state index < -0.39 is 0 Å². The van der Waals surface area contributed by atoms with E-state index in [0.29, 0.717) is 39.8 Å². The highest BCUT2D eigenvalue weighted by atomic mass is 16.3. The first-order valence-corrected chi connectivity index (χ1v) is 12.6. The first-order chi connectivity index (χ1) is 13.4. The van der Waals surface area contributed by atoms with Gasteiger partial charge < -0.3 is 5.11 Å². The molecule has 5 rings (SSSR count).